The average molecular weight is 332 g/mol. The minimum Gasteiger partial charge on any atom is -0.396 e. The van der Waals surface area contributed by atoms with Crippen molar-refractivity contribution >= 4 is 37.6 Å². The van der Waals surface area contributed by atoms with Crippen molar-refractivity contribution in [3.63, 3.8) is 0 Å². The number of sulfone groups is 1. The summed E-state index contributed by atoms with van der Waals surface area (Å²) in [5.41, 5.74) is 9.02. The molecule has 0 radical (unpaired) electrons. The minimum atomic E-state index is -3.50. The summed E-state index contributed by atoms with van der Waals surface area (Å²) in [4.78, 5) is 14.1. The third-order valence-corrected chi connectivity index (χ3v) is 5.86. The number of nitrogens with one attached hydrogen (secondary N) is 1. The van der Waals surface area contributed by atoms with Crippen LogP contribution in [0.2, 0.25) is 0 Å². The Morgan fingerprint density at radius 2 is 1.86 bits per heavy atom. The third kappa shape index (κ3) is 3.54. The Bertz CT molecular complexity index is 646. The van der Waals surface area contributed by atoms with Crippen LogP contribution in [0.25, 0.3) is 0 Å². The summed E-state index contributed by atoms with van der Waals surface area (Å²) < 4.78 is 23.9. The van der Waals surface area contributed by atoms with Crippen LogP contribution >= 0.6 is 11.3 Å². The van der Waals surface area contributed by atoms with Gasteiger partial charge in [-0.05, 0) is 7.05 Å². The quantitative estimate of drug-likeness (QED) is 0.776. The highest BCUT2D eigenvalue weighted by molar-refractivity contribution is 7.91. The van der Waals surface area contributed by atoms with Gasteiger partial charge in [-0.15, -0.1) is 11.3 Å². The zero-order chi connectivity index (χ0) is 15.8. The number of nitrogens with zero attached hydrogens (tertiary/aromatic N) is 2. The first-order chi connectivity index (χ1) is 9.70. The molecular formula is C12H20N4O3S2. The summed E-state index contributed by atoms with van der Waals surface area (Å²) in [5, 5.41) is 2.37. The van der Waals surface area contributed by atoms with Gasteiger partial charge in [-0.3, -0.25) is 4.79 Å². The van der Waals surface area contributed by atoms with Crippen LogP contribution in [0.15, 0.2) is 4.90 Å². The van der Waals surface area contributed by atoms with Crippen molar-refractivity contribution in [3.05, 3.63) is 4.88 Å². The SMILES string of the molecule is CC(=O)c1sc(NN2CCN(C)CC2)c(S(C)(=O)=O)c1N. The van der Waals surface area contributed by atoms with Crippen LogP contribution < -0.4 is 11.2 Å². The van der Waals surface area contributed by atoms with E-state index in [0.29, 0.717) is 5.00 Å². The molecule has 3 N–H and O–H groups in total. The molecule has 0 amide bonds. The molecule has 0 saturated carbocycles. The van der Waals surface area contributed by atoms with Gasteiger partial charge >= 0.3 is 0 Å². The van der Waals surface area contributed by atoms with Crippen LogP contribution in [-0.2, 0) is 9.84 Å². The molecule has 1 fully saturated rings. The predicted octanol–water partition coefficient (Wildman–Crippen LogP) is 0.511. The highest BCUT2D eigenvalue weighted by Crippen LogP contribution is 2.39. The smallest absolute Gasteiger partial charge is 0.180 e. The number of nitrogen functional groups attached to an aromatic ring is 1. The zero-order valence-electron chi connectivity index (χ0n) is 12.3. The van der Waals surface area contributed by atoms with Gasteiger partial charge in [0.1, 0.15) is 9.90 Å². The number of anilines is 2. The van der Waals surface area contributed by atoms with Gasteiger partial charge in [-0.1, -0.05) is 0 Å². The van der Waals surface area contributed by atoms with Crippen LogP contribution in [0.1, 0.15) is 16.6 Å². The van der Waals surface area contributed by atoms with E-state index in [4.69, 9.17) is 5.73 Å². The highest BCUT2D eigenvalue weighted by Gasteiger charge is 2.27. The molecule has 9 heteroatoms. The Morgan fingerprint density at radius 3 is 2.33 bits per heavy atom. The van der Waals surface area contributed by atoms with Crippen LogP contribution in [0.3, 0.4) is 0 Å². The number of ketones is 1. The number of piperazine rings is 1. The van der Waals surface area contributed by atoms with Crippen molar-refractivity contribution in [1.82, 2.24) is 9.91 Å². The number of thiophene rings is 1. The Hall–Kier alpha value is -1.16. The van der Waals surface area contributed by atoms with Crippen molar-refractivity contribution in [3.8, 4) is 0 Å². The van der Waals surface area contributed by atoms with E-state index in [1.807, 2.05) is 12.1 Å². The molecule has 0 bridgehead atoms. The van der Waals surface area contributed by atoms with Crippen LogP contribution in [0, 0.1) is 0 Å². The van der Waals surface area contributed by atoms with Crippen molar-refractivity contribution < 1.29 is 13.2 Å². The van der Waals surface area contributed by atoms with Gasteiger partial charge < -0.3 is 16.1 Å². The second-order valence-electron chi connectivity index (χ2n) is 5.23. The third-order valence-electron chi connectivity index (χ3n) is 3.35. The summed E-state index contributed by atoms with van der Waals surface area (Å²) in [6, 6.07) is 0. The first kappa shape index (κ1) is 16.2. The zero-order valence-corrected chi connectivity index (χ0v) is 14.0. The summed E-state index contributed by atoms with van der Waals surface area (Å²) in [6.45, 7) is 4.71. The van der Waals surface area contributed by atoms with E-state index < -0.39 is 9.84 Å². The van der Waals surface area contributed by atoms with Crippen LogP contribution in [0.4, 0.5) is 10.7 Å². The maximum atomic E-state index is 12.0. The first-order valence-electron chi connectivity index (χ1n) is 6.53. The Morgan fingerprint density at radius 1 is 1.29 bits per heavy atom. The molecule has 0 aliphatic carbocycles. The first-order valence-corrected chi connectivity index (χ1v) is 9.24. The molecule has 7 nitrogen and oxygen atoms in total. The van der Waals surface area contributed by atoms with E-state index in [9.17, 15) is 13.2 Å². The van der Waals surface area contributed by atoms with Gasteiger partial charge in [-0.2, -0.15) is 0 Å². The van der Waals surface area contributed by atoms with Gasteiger partial charge in [0.25, 0.3) is 0 Å². The van der Waals surface area contributed by atoms with E-state index in [-0.39, 0.29) is 21.2 Å². The predicted molar refractivity (Wildman–Crippen MR) is 84.5 cm³/mol. The molecule has 2 rings (SSSR count). The Kier molecular flexibility index (Phi) is 4.57. The molecule has 1 aromatic heterocycles. The normalized spacial score (nSPS) is 17.9. The number of rotatable bonds is 4. The fraction of sp³-hybridized carbons (Fsp3) is 0.583. The number of hydrogen-bond acceptors (Lipinski definition) is 8. The maximum absolute atomic E-state index is 12.0. The summed E-state index contributed by atoms with van der Waals surface area (Å²) in [5.74, 6) is -0.228. The molecule has 1 aliphatic heterocycles. The molecule has 2 heterocycles. The topological polar surface area (TPSA) is 95.7 Å². The molecule has 1 aromatic rings. The fourth-order valence-corrected chi connectivity index (χ4v) is 4.66. The number of hydrazine groups is 1. The molecule has 0 spiro atoms. The fourth-order valence-electron chi connectivity index (χ4n) is 2.19. The second-order valence-corrected chi connectivity index (χ2v) is 8.21. The Labute approximate surface area is 128 Å². The molecule has 1 aliphatic rings. The van der Waals surface area contributed by atoms with Crippen molar-refractivity contribution in [2.24, 2.45) is 0 Å². The van der Waals surface area contributed by atoms with Crippen molar-refractivity contribution in [2.75, 3.05) is 50.6 Å². The molecule has 21 heavy (non-hydrogen) atoms. The van der Waals surface area contributed by atoms with E-state index in [1.54, 1.807) is 0 Å². The lowest BCUT2D eigenvalue weighted by atomic mass is 10.3. The van der Waals surface area contributed by atoms with Gasteiger partial charge in [0.05, 0.1) is 10.6 Å². The highest BCUT2D eigenvalue weighted by atomic mass is 32.2. The molecular weight excluding hydrogens is 312 g/mol. The lowest BCUT2D eigenvalue weighted by Crippen LogP contribution is -2.46. The Balaban J connectivity index is 2.34. The van der Waals surface area contributed by atoms with E-state index in [0.717, 1.165) is 43.8 Å². The monoisotopic (exact) mass is 332 g/mol. The van der Waals surface area contributed by atoms with Gasteiger partial charge in [-0.25, -0.2) is 13.4 Å². The molecule has 0 unspecified atom stereocenters. The molecule has 0 aromatic carbocycles. The second kappa shape index (κ2) is 5.91. The molecule has 1 saturated heterocycles. The standard InChI is InChI=1S/C12H20N4O3S2/c1-8(17)10-9(13)11(21(3,18)19)12(20-10)14-16-6-4-15(2)5-7-16/h14H,4-7,13H2,1-3H3. The summed E-state index contributed by atoms with van der Waals surface area (Å²) in [7, 11) is -1.47. The minimum absolute atomic E-state index is 0.0247. The number of carbonyl (C=O) groups is 1. The van der Waals surface area contributed by atoms with E-state index in [1.165, 1.54) is 6.92 Å². The van der Waals surface area contributed by atoms with E-state index >= 15 is 0 Å². The summed E-state index contributed by atoms with van der Waals surface area (Å²) in [6.07, 6.45) is 1.10. The van der Waals surface area contributed by atoms with Crippen molar-refractivity contribution in [2.45, 2.75) is 11.8 Å². The average Bonchev–Trinajstić information content (AvgIpc) is 2.69. The lowest BCUT2D eigenvalue weighted by molar-refractivity contribution is 0.102. The number of Topliss-reactive ketones (excluding diaryl/α,β-unsaturated/α-hetero) is 1. The van der Waals surface area contributed by atoms with E-state index in [2.05, 4.69) is 10.3 Å². The largest absolute Gasteiger partial charge is 0.396 e. The number of nitrogens with two attached hydrogens (primary N) is 1. The molecule has 118 valence electrons. The molecule has 0 atom stereocenters. The number of carbonyl (C=O) groups excluding carboxylic acids is 1. The number of likely N-dealkylation sites (N-methyl/N-ethyl adjacent to an activating group) is 1. The van der Waals surface area contributed by atoms with Gasteiger partial charge in [0.2, 0.25) is 0 Å². The van der Waals surface area contributed by atoms with Gasteiger partial charge in [0.15, 0.2) is 15.6 Å². The maximum Gasteiger partial charge on any atom is 0.180 e. The van der Waals surface area contributed by atoms with Crippen molar-refractivity contribution in [1.29, 1.82) is 0 Å². The number of hydrogen-bond donors (Lipinski definition) is 2. The summed E-state index contributed by atoms with van der Waals surface area (Å²) >= 11 is 1.10. The lowest BCUT2D eigenvalue weighted by Gasteiger charge is -2.32. The van der Waals surface area contributed by atoms with Gasteiger partial charge in [0, 0.05) is 39.4 Å². The van der Waals surface area contributed by atoms with Crippen LogP contribution in [-0.4, -0.2) is 63.6 Å². The van der Waals surface area contributed by atoms with Crippen LogP contribution in [0.5, 0.6) is 0 Å².